The highest BCUT2D eigenvalue weighted by Gasteiger charge is 2.48. The lowest BCUT2D eigenvalue weighted by Crippen LogP contribution is -2.57. The zero-order valence-corrected chi connectivity index (χ0v) is 17.0. The Kier molecular flexibility index (Phi) is 6.88. The van der Waals surface area contributed by atoms with Crippen LogP contribution in [0.5, 0.6) is 0 Å². The lowest BCUT2D eigenvalue weighted by molar-refractivity contribution is -0.124. The number of amides is 2. The van der Waals surface area contributed by atoms with Crippen LogP contribution in [0.25, 0.3) is 0 Å². The minimum atomic E-state index is -3.51. The summed E-state index contributed by atoms with van der Waals surface area (Å²) in [5, 5.41) is 5.89. The van der Waals surface area contributed by atoms with Gasteiger partial charge in [0.25, 0.3) is 0 Å². The summed E-state index contributed by atoms with van der Waals surface area (Å²) >= 11 is 0. The van der Waals surface area contributed by atoms with Crippen molar-refractivity contribution in [2.24, 2.45) is 0 Å². The van der Waals surface area contributed by atoms with Crippen molar-refractivity contribution in [1.29, 1.82) is 0 Å². The van der Waals surface area contributed by atoms with Gasteiger partial charge in [-0.15, -0.1) is 12.4 Å². The molecule has 2 amide bonds. The summed E-state index contributed by atoms with van der Waals surface area (Å²) in [6, 6.07) is 7.44. The van der Waals surface area contributed by atoms with Crippen LogP contribution in [0.3, 0.4) is 0 Å². The van der Waals surface area contributed by atoms with Gasteiger partial charge in [0.05, 0.1) is 0 Å². The molecule has 1 aromatic rings. The van der Waals surface area contributed by atoms with E-state index in [-0.39, 0.29) is 37.7 Å². The van der Waals surface area contributed by atoms with Crippen LogP contribution in [-0.4, -0.2) is 50.9 Å². The molecule has 150 valence electrons. The summed E-state index contributed by atoms with van der Waals surface area (Å²) in [6.07, 6.45) is 3.17. The van der Waals surface area contributed by atoms with E-state index < -0.39 is 20.5 Å². The first kappa shape index (κ1) is 21.7. The van der Waals surface area contributed by atoms with Gasteiger partial charge in [0.15, 0.2) is 14.6 Å². The van der Waals surface area contributed by atoms with Crippen LogP contribution < -0.4 is 15.5 Å². The van der Waals surface area contributed by atoms with Gasteiger partial charge in [-0.05, 0) is 50.0 Å². The molecule has 2 aliphatic rings. The van der Waals surface area contributed by atoms with Gasteiger partial charge in [-0.2, -0.15) is 0 Å². The quantitative estimate of drug-likeness (QED) is 0.748. The van der Waals surface area contributed by atoms with E-state index in [2.05, 4.69) is 10.6 Å². The summed E-state index contributed by atoms with van der Waals surface area (Å²) in [7, 11) is -3.51. The van der Waals surface area contributed by atoms with Crippen molar-refractivity contribution < 1.29 is 18.0 Å². The fraction of sp³-hybridized carbons (Fsp3) is 0.556. The van der Waals surface area contributed by atoms with E-state index in [4.69, 9.17) is 0 Å². The maximum Gasteiger partial charge on any atom is 0.241 e. The van der Waals surface area contributed by atoms with E-state index in [1.165, 1.54) is 0 Å². The average molecular weight is 416 g/mol. The second-order valence-electron chi connectivity index (χ2n) is 7.01. The number of halogens is 1. The van der Waals surface area contributed by atoms with E-state index in [0.717, 1.165) is 30.5 Å². The molecule has 0 spiro atoms. The van der Waals surface area contributed by atoms with Gasteiger partial charge in [-0.1, -0.05) is 12.1 Å². The Labute approximate surface area is 166 Å². The van der Waals surface area contributed by atoms with E-state index >= 15 is 0 Å². The topological polar surface area (TPSA) is 95.6 Å². The van der Waals surface area contributed by atoms with Crippen molar-refractivity contribution in [3.8, 4) is 0 Å². The Hall–Kier alpha value is -1.64. The Bertz CT molecular complexity index is 789. The maximum absolute atomic E-state index is 12.7. The molecule has 2 saturated heterocycles. The van der Waals surface area contributed by atoms with Crippen molar-refractivity contribution in [2.45, 2.75) is 37.0 Å². The monoisotopic (exact) mass is 415 g/mol. The fourth-order valence-electron chi connectivity index (χ4n) is 3.66. The third kappa shape index (κ3) is 4.44. The van der Waals surface area contributed by atoms with Gasteiger partial charge >= 0.3 is 0 Å². The minimum Gasteiger partial charge on any atom is -0.351 e. The maximum atomic E-state index is 12.7. The number of nitrogens with zero attached hydrogens (tertiary/aromatic N) is 1. The van der Waals surface area contributed by atoms with Crippen molar-refractivity contribution in [3.05, 3.63) is 29.8 Å². The van der Waals surface area contributed by atoms with Gasteiger partial charge in [0.2, 0.25) is 11.8 Å². The molecule has 2 N–H and O–H groups in total. The molecule has 27 heavy (non-hydrogen) atoms. The van der Waals surface area contributed by atoms with E-state index in [0.29, 0.717) is 19.5 Å². The van der Waals surface area contributed by atoms with Crippen molar-refractivity contribution in [3.63, 3.8) is 0 Å². The van der Waals surface area contributed by atoms with Crippen LogP contribution in [-0.2, 0) is 26.0 Å². The molecule has 2 aliphatic heterocycles. The molecule has 0 radical (unpaired) electrons. The van der Waals surface area contributed by atoms with Crippen LogP contribution in [0.2, 0.25) is 0 Å². The standard InChI is InChI=1S/C18H25N3O4S.ClH/c1-26(24,25)18(8-10-19-11-9-18)17(23)20-13-14-4-6-15(7-5-14)21-12-2-3-16(21)22;/h4-7,19H,2-3,8-13H2,1H3,(H,20,23);1H. The number of benzene rings is 1. The first-order chi connectivity index (χ1) is 12.3. The van der Waals surface area contributed by atoms with Crippen LogP contribution in [0.1, 0.15) is 31.2 Å². The highest BCUT2D eigenvalue weighted by Crippen LogP contribution is 2.28. The number of nitrogens with one attached hydrogen (secondary N) is 2. The van der Waals surface area contributed by atoms with Gasteiger partial charge < -0.3 is 15.5 Å². The van der Waals surface area contributed by atoms with Crippen LogP contribution >= 0.6 is 12.4 Å². The second kappa shape index (κ2) is 8.58. The summed E-state index contributed by atoms with van der Waals surface area (Å²) in [5.41, 5.74) is 1.72. The summed E-state index contributed by atoms with van der Waals surface area (Å²) < 4.78 is 23.2. The second-order valence-corrected chi connectivity index (χ2v) is 9.34. The number of piperidine rings is 1. The Morgan fingerprint density at radius 3 is 2.37 bits per heavy atom. The van der Waals surface area contributed by atoms with Gasteiger partial charge in [-0.25, -0.2) is 8.42 Å². The molecule has 2 heterocycles. The molecule has 1 aromatic carbocycles. The Morgan fingerprint density at radius 1 is 1.22 bits per heavy atom. The number of carbonyl (C=O) groups excluding carboxylic acids is 2. The molecule has 0 saturated carbocycles. The molecule has 0 aliphatic carbocycles. The largest absolute Gasteiger partial charge is 0.351 e. The molecule has 2 fully saturated rings. The Balaban J connectivity index is 0.00000261. The lowest BCUT2D eigenvalue weighted by atomic mass is 9.95. The summed E-state index contributed by atoms with van der Waals surface area (Å²) in [6.45, 7) is 2.02. The number of carbonyl (C=O) groups is 2. The predicted octanol–water partition coefficient (Wildman–Crippen LogP) is 1.02. The van der Waals surface area contributed by atoms with Gasteiger partial charge in [0.1, 0.15) is 0 Å². The third-order valence-electron chi connectivity index (χ3n) is 5.31. The van der Waals surface area contributed by atoms with Crippen LogP contribution in [0.4, 0.5) is 5.69 Å². The van der Waals surface area contributed by atoms with Crippen LogP contribution in [0, 0.1) is 0 Å². The molecule has 7 nitrogen and oxygen atoms in total. The zero-order chi connectivity index (χ0) is 18.8. The number of hydrogen-bond acceptors (Lipinski definition) is 5. The highest BCUT2D eigenvalue weighted by atomic mass is 35.5. The fourth-order valence-corrected chi connectivity index (χ4v) is 5.01. The van der Waals surface area contributed by atoms with Crippen molar-refractivity contribution >= 4 is 39.7 Å². The van der Waals surface area contributed by atoms with Crippen molar-refractivity contribution in [2.75, 3.05) is 30.8 Å². The molecule has 9 heteroatoms. The van der Waals surface area contributed by atoms with Gasteiger partial charge in [-0.3, -0.25) is 9.59 Å². The molecule has 0 atom stereocenters. The smallest absolute Gasteiger partial charge is 0.241 e. The van der Waals surface area contributed by atoms with Crippen LogP contribution in [0.15, 0.2) is 24.3 Å². The SMILES string of the molecule is CS(=O)(=O)C1(C(=O)NCc2ccc(N3CCCC3=O)cc2)CCNCC1.Cl. The lowest BCUT2D eigenvalue weighted by Gasteiger charge is -2.34. The van der Waals surface area contributed by atoms with E-state index in [1.54, 1.807) is 4.90 Å². The number of hydrogen-bond donors (Lipinski definition) is 2. The molecule has 0 unspecified atom stereocenters. The molecule has 3 rings (SSSR count). The summed E-state index contributed by atoms with van der Waals surface area (Å²) in [4.78, 5) is 26.2. The Morgan fingerprint density at radius 2 is 1.85 bits per heavy atom. The van der Waals surface area contributed by atoms with E-state index in [1.807, 2.05) is 24.3 Å². The van der Waals surface area contributed by atoms with Gasteiger partial charge in [0, 0.05) is 31.5 Å². The molecule has 0 aromatic heterocycles. The predicted molar refractivity (Wildman–Crippen MR) is 107 cm³/mol. The number of sulfone groups is 1. The zero-order valence-electron chi connectivity index (χ0n) is 15.4. The van der Waals surface area contributed by atoms with E-state index in [9.17, 15) is 18.0 Å². The normalized spacial score (nSPS) is 19.4. The molecular formula is C18H26ClN3O4S. The first-order valence-electron chi connectivity index (χ1n) is 8.91. The number of anilines is 1. The highest BCUT2D eigenvalue weighted by molar-refractivity contribution is 7.92. The number of rotatable bonds is 5. The molecule has 0 bridgehead atoms. The average Bonchev–Trinajstić information content (AvgIpc) is 3.06. The minimum absolute atomic E-state index is 0. The summed E-state index contributed by atoms with van der Waals surface area (Å²) in [5.74, 6) is -0.299. The van der Waals surface area contributed by atoms with Crippen molar-refractivity contribution in [1.82, 2.24) is 10.6 Å². The first-order valence-corrected chi connectivity index (χ1v) is 10.8. The molecular weight excluding hydrogens is 390 g/mol. The third-order valence-corrected chi connectivity index (χ3v) is 7.32.